The van der Waals surface area contributed by atoms with E-state index in [4.69, 9.17) is 0 Å². The number of hydrogen-bond donors (Lipinski definition) is 5. The average Bonchev–Trinajstić information content (AvgIpc) is 2.97. The molecular formula is C30H44O8. The summed E-state index contributed by atoms with van der Waals surface area (Å²) in [6.07, 6.45) is 1.27. The number of rotatable bonds is 5. The number of aliphatic hydroxyl groups is 5. The quantitative estimate of drug-likeness (QED) is 0.339. The van der Waals surface area contributed by atoms with Crippen molar-refractivity contribution in [1.82, 2.24) is 0 Å². The average molecular weight is 533 g/mol. The molecule has 0 amide bonds. The van der Waals surface area contributed by atoms with E-state index >= 15 is 0 Å². The Morgan fingerprint density at radius 2 is 1.66 bits per heavy atom. The van der Waals surface area contributed by atoms with E-state index in [1.807, 2.05) is 26.8 Å². The highest BCUT2D eigenvalue weighted by molar-refractivity contribution is 6.02. The van der Waals surface area contributed by atoms with E-state index in [-0.39, 0.29) is 36.1 Å². The van der Waals surface area contributed by atoms with Crippen LogP contribution in [0.4, 0.5) is 0 Å². The van der Waals surface area contributed by atoms with Gasteiger partial charge in [-0.15, -0.1) is 0 Å². The molecule has 4 rings (SSSR count). The topological polar surface area (TPSA) is 152 Å². The largest absolute Gasteiger partial charge is 0.505 e. The first-order chi connectivity index (χ1) is 17.1. The van der Waals surface area contributed by atoms with Gasteiger partial charge in [-0.2, -0.15) is 0 Å². The lowest BCUT2D eigenvalue weighted by Gasteiger charge is -2.63. The zero-order valence-corrected chi connectivity index (χ0v) is 23.8. The van der Waals surface area contributed by atoms with Crippen molar-refractivity contribution in [2.24, 2.45) is 39.4 Å². The number of carbonyl (C=O) groups is 3. The molecule has 0 radical (unpaired) electrons. The minimum Gasteiger partial charge on any atom is -0.505 e. The number of fused-ring (bicyclic) bond motifs is 5. The van der Waals surface area contributed by atoms with E-state index in [9.17, 15) is 39.9 Å². The predicted molar refractivity (Wildman–Crippen MR) is 140 cm³/mol. The fourth-order valence-electron chi connectivity index (χ4n) is 8.78. The Morgan fingerprint density at radius 3 is 2.21 bits per heavy atom. The number of allylic oxidation sites excluding steroid dienone is 4. The van der Waals surface area contributed by atoms with Gasteiger partial charge >= 0.3 is 0 Å². The molecule has 0 aromatic carbocycles. The van der Waals surface area contributed by atoms with Gasteiger partial charge in [0.25, 0.3) is 0 Å². The summed E-state index contributed by atoms with van der Waals surface area (Å²) in [5, 5.41) is 54.1. The summed E-state index contributed by atoms with van der Waals surface area (Å²) in [5.74, 6) is -3.25. The smallest absolute Gasteiger partial charge is 0.206 e. The Hall–Kier alpha value is -1.87. The third-order valence-corrected chi connectivity index (χ3v) is 11.4. The van der Waals surface area contributed by atoms with Gasteiger partial charge in [0, 0.05) is 30.1 Å². The Morgan fingerprint density at radius 1 is 1.08 bits per heavy atom. The summed E-state index contributed by atoms with van der Waals surface area (Å²) in [6.45, 7) is 13.4. The van der Waals surface area contributed by atoms with E-state index < -0.39 is 69.1 Å². The van der Waals surface area contributed by atoms with Crippen molar-refractivity contribution < 1.29 is 39.9 Å². The third-order valence-electron chi connectivity index (χ3n) is 11.4. The molecule has 8 nitrogen and oxygen atoms in total. The SMILES string of the molecule is CC1(C)C(=O)C(O)=C[C@@H]2C1=CC[C@@H]1[C@@]2(C)C(=O)C[C@]2(C)[C@@H]([C@@](C)(O)C(=O)C[C@H](O)C(C)(C)O)[C@H](O)C[C@@]12C. The van der Waals surface area contributed by atoms with Crippen LogP contribution >= 0.6 is 0 Å². The van der Waals surface area contributed by atoms with Gasteiger partial charge in [0.05, 0.1) is 23.2 Å². The van der Waals surface area contributed by atoms with Crippen molar-refractivity contribution in [1.29, 1.82) is 0 Å². The molecule has 5 N–H and O–H groups in total. The number of Topliss-reactive ketones (excluding diaryl/α,β-unsaturated/α-hetero) is 3. The molecule has 4 aliphatic rings. The standard InChI is InChI=1S/C30H44O8/c1-25(2)15-9-10-19-27(5)13-18(32)23(30(8,38)21(34)12-20(33)26(3,4)37)28(27,6)14-22(35)29(19,7)16(15)11-17(31)24(25)36/h9,11,16,18-20,23,31-33,37-38H,10,12-14H2,1-8H3/t16-,18-,19+,20+,23+,27+,28-,29+,30+/m1/s1. The molecule has 0 unspecified atom stereocenters. The molecule has 0 spiro atoms. The molecule has 0 saturated heterocycles. The highest BCUT2D eigenvalue weighted by Crippen LogP contribution is 2.73. The van der Waals surface area contributed by atoms with Crippen LogP contribution in [0.2, 0.25) is 0 Å². The molecule has 8 heteroatoms. The molecule has 0 heterocycles. The molecule has 2 fully saturated rings. The molecule has 38 heavy (non-hydrogen) atoms. The van der Waals surface area contributed by atoms with E-state index in [1.54, 1.807) is 13.8 Å². The normalized spacial score (nSPS) is 42.7. The van der Waals surface area contributed by atoms with Crippen LogP contribution in [-0.2, 0) is 14.4 Å². The van der Waals surface area contributed by atoms with Gasteiger partial charge in [-0.05, 0) is 70.3 Å². The maximum Gasteiger partial charge on any atom is 0.206 e. The number of aliphatic hydroxyl groups excluding tert-OH is 3. The first kappa shape index (κ1) is 29.1. The van der Waals surface area contributed by atoms with E-state index in [1.165, 1.54) is 26.8 Å². The minimum atomic E-state index is -2.06. The lowest BCUT2D eigenvalue weighted by molar-refractivity contribution is -0.182. The highest BCUT2D eigenvalue weighted by atomic mass is 16.3. The predicted octanol–water partition coefficient (Wildman–Crippen LogP) is 2.81. The first-order valence-electron chi connectivity index (χ1n) is 13.6. The second-order valence-electron chi connectivity index (χ2n) is 14.3. The van der Waals surface area contributed by atoms with Crippen LogP contribution in [0.5, 0.6) is 0 Å². The fraction of sp³-hybridized carbons (Fsp3) is 0.767. The van der Waals surface area contributed by atoms with Crippen molar-refractivity contribution in [3.63, 3.8) is 0 Å². The molecule has 2 saturated carbocycles. The summed E-state index contributed by atoms with van der Waals surface area (Å²) in [4.78, 5) is 40.3. The van der Waals surface area contributed by atoms with Gasteiger partial charge in [0.2, 0.25) is 5.78 Å². The van der Waals surface area contributed by atoms with Crippen molar-refractivity contribution in [3.8, 4) is 0 Å². The van der Waals surface area contributed by atoms with Crippen LogP contribution in [0, 0.1) is 39.4 Å². The van der Waals surface area contributed by atoms with Crippen LogP contribution in [0.1, 0.15) is 81.1 Å². The van der Waals surface area contributed by atoms with Gasteiger partial charge in [-0.1, -0.05) is 32.4 Å². The Labute approximate surface area is 224 Å². The molecule has 212 valence electrons. The van der Waals surface area contributed by atoms with Gasteiger partial charge in [-0.25, -0.2) is 0 Å². The summed E-state index contributed by atoms with van der Waals surface area (Å²) < 4.78 is 0. The Kier molecular flexibility index (Phi) is 6.38. The van der Waals surface area contributed by atoms with Crippen LogP contribution in [0.25, 0.3) is 0 Å². The maximum absolute atomic E-state index is 14.2. The van der Waals surface area contributed by atoms with Gasteiger partial charge in [0.1, 0.15) is 11.4 Å². The van der Waals surface area contributed by atoms with Crippen LogP contribution in [-0.4, -0.2) is 66.3 Å². The summed E-state index contributed by atoms with van der Waals surface area (Å²) in [6, 6.07) is 0. The van der Waals surface area contributed by atoms with Gasteiger partial charge in [0.15, 0.2) is 11.5 Å². The first-order valence-corrected chi connectivity index (χ1v) is 13.6. The van der Waals surface area contributed by atoms with Crippen LogP contribution < -0.4 is 0 Å². The Balaban J connectivity index is 1.79. The summed E-state index contributed by atoms with van der Waals surface area (Å²) >= 11 is 0. The zero-order valence-electron chi connectivity index (χ0n) is 23.8. The maximum atomic E-state index is 14.2. The lowest BCUT2D eigenvalue weighted by Crippen LogP contribution is -2.64. The summed E-state index contributed by atoms with van der Waals surface area (Å²) in [5.41, 5.74) is -6.32. The molecule has 0 bridgehead atoms. The van der Waals surface area contributed by atoms with E-state index in [0.717, 1.165) is 5.57 Å². The van der Waals surface area contributed by atoms with Crippen molar-refractivity contribution >= 4 is 17.3 Å². The minimum absolute atomic E-state index is 0.00244. The molecule has 0 aromatic rings. The van der Waals surface area contributed by atoms with Crippen molar-refractivity contribution in [2.75, 3.05) is 0 Å². The second-order valence-corrected chi connectivity index (χ2v) is 14.3. The number of carbonyl (C=O) groups excluding carboxylic acids is 3. The monoisotopic (exact) mass is 532 g/mol. The fourth-order valence-corrected chi connectivity index (χ4v) is 8.78. The highest BCUT2D eigenvalue weighted by Gasteiger charge is 2.74. The third kappa shape index (κ3) is 3.59. The van der Waals surface area contributed by atoms with Crippen LogP contribution in [0.3, 0.4) is 0 Å². The van der Waals surface area contributed by atoms with Gasteiger partial charge in [-0.3, -0.25) is 14.4 Å². The zero-order chi connectivity index (χ0) is 29.0. The molecule has 9 atom stereocenters. The molecule has 0 aromatic heterocycles. The summed E-state index contributed by atoms with van der Waals surface area (Å²) in [7, 11) is 0. The number of ketones is 3. The van der Waals surface area contributed by atoms with Crippen LogP contribution in [0.15, 0.2) is 23.5 Å². The van der Waals surface area contributed by atoms with E-state index in [2.05, 4.69) is 0 Å². The molecule has 4 aliphatic carbocycles. The number of hydrogen-bond acceptors (Lipinski definition) is 8. The van der Waals surface area contributed by atoms with E-state index in [0.29, 0.717) is 6.42 Å². The lowest BCUT2D eigenvalue weighted by atomic mass is 9.39. The van der Waals surface area contributed by atoms with Gasteiger partial charge < -0.3 is 25.5 Å². The Bertz CT molecular complexity index is 1140. The van der Waals surface area contributed by atoms with Crippen molar-refractivity contribution in [2.45, 2.75) is 104 Å². The van der Waals surface area contributed by atoms with Crippen molar-refractivity contribution in [3.05, 3.63) is 23.5 Å². The molecule has 0 aliphatic heterocycles. The molecular weight excluding hydrogens is 488 g/mol. The second kappa shape index (κ2) is 8.32.